The monoisotopic (exact) mass is 488 g/mol. The van der Waals surface area contributed by atoms with Crippen molar-refractivity contribution >= 4 is 37.4 Å². The Morgan fingerprint density at radius 2 is 1.48 bits per heavy atom. The first-order valence-electron chi connectivity index (χ1n) is 9.87. The van der Waals surface area contributed by atoms with Gasteiger partial charge in [0.2, 0.25) is 0 Å². The highest BCUT2D eigenvalue weighted by atomic mass is 32.2. The molecular weight excluding hydrogens is 464 g/mol. The number of anilines is 2. The van der Waals surface area contributed by atoms with Crippen LogP contribution in [0.2, 0.25) is 0 Å². The second kappa shape index (κ2) is 8.87. The van der Waals surface area contributed by atoms with Crippen molar-refractivity contribution in [2.24, 2.45) is 0 Å². The highest BCUT2D eigenvalue weighted by molar-refractivity contribution is 7.93. The number of hydrogen-bond acceptors (Lipinski definition) is 5. The Bertz CT molecular complexity index is 1460. The van der Waals surface area contributed by atoms with Crippen LogP contribution in [0.5, 0.6) is 0 Å². The van der Waals surface area contributed by atoms with E-state index in [0.717, 1.165) is 11.6 Å². The fourth-order valence-electron chi connectivity index (χ4n) is 3.23. The van der Waals surface area contributed by atoms with Crippen LogP contribution in [-0.4, -0.2) is 27.9 Å². The second-order valence-electron chi connectivity index (χ2n) is 7.78. The summed E-state index contributed by atoms with van der Waals surface area (Å²) in [6, 6.07) is 13.4. The molecule has 3 N–H and O–H groups in total. The molecule has 0 radical (unpaired) electrons. The number of rotatable bonds is 7. The number of sulfonamides is 2. The van der Waals surface area contributed by atoms with Crippen molar-refractivity contribution < 1.29 is 26.7 Å². The maximum absolute atomic E-state index is 13.1. The molecule has 8 nitrogen and oxygen atoms in total. The number of aromatic carboxylic acids is 1. The molecule has 33 heavy (non-hydrogen) atoms. The van der Waals surface area contributed by atoms with E-state index in [1.165, 1.54) is 24.3 Å². The fraction of sp³-hybridized carbons (Fsp3) is 0.174. The standard InChI is InChI=1S/C23H24N2O6S2/c1-14-6-5-7-19(10-14)24-32(28,29)20-9-8-15(2)21(13-20)25-33(30,31)22-12-18(23(26)27)11-16(3)17(22)4/h5-13,24-25H,1-4H3,(H,26,27). The van der Waals surface area contributed by atoms with Crippen molar-refractivity contribution in [1.82, 2.24) is 0 Å². The predicted octanol–water partition coefficient (Wildman–Crippen LogP) is 4.22. The number of carboxylic acid groups (broad SMARTS) is 1. The second-order valence-corrected chi connectivity index (χ2v) is 11.1. The molecule has 0 fully saturated rings. The predicted molar refractivity (Wildman–Crippen MR) is 127 cm³/mol. The Kier molecular flexibility index (Phi) is 6.53. The van der Waals surface area contributed by atoms with Gasteiger partial charge in [0, 0.05) is 5.69 Å². The molecular formula is C23H24N2O6S2. The van der Waals surface area contributed by atoms with Gasteiger partial charge in [0.05, 0.1) is 21.0 Å². The number of benzene rings is 3. The van der Waals surface area contributed by atoms with Gasteiger partial charge in [0.25, 0.3) is 20.0 Å². The summed E-state index contributed by atoms with van der Waals surface area (Å²) in [6.07, 6.45) is 0. The summed E-state index contributed by atoms with van der Waals surface area (Å²) in [6.45, 7) is 6.67. The summed E-state index contributed by atoms with van der Waals surface area (Å²) < 4.78 is 56.9. The van der Waals surface area contributed by atoms with Crippen molar-refractivity contribution in [3.05, 3.63) is 82.4 Å². The highest BCUT2D eigenvalue weighted by Gasteiger charge is 2.23. The van der Waals surface area contributed by atoms with Crippen LogP contribution in [0.15, 0.2) is 64.4 Å². The van der Waals surface area contributed by atoms with E-state index >= 15 is 0 Å². The van der Waals surface area contributed by atoms with E-state index in [1.807, 2.05) is 13.0 Å². The molecule has 0 spiro atoms. The zero-order chi connectivity index (χ0) is 24.6. The van der Waals surface area contributed by atoms with Crippen LogP contribution in [0, 0.1) is 27.7 Å². The van der Waals surface area contributed by atoms with Gasteiger partial charge in [-0.1, -0.05) is 18.2 Å². The molecule has 0 aliphatic carbocycles. The number of carbonyl (C=O) groups is 1. The van der Waals surface area contributed by atoms with Gasteiger partial charge in [-0.25, -0.2) is 21.6 Å². The van der Waals surface area contributed by atoms with E-state index in [9.17, 15) is 26.7 Å². The fourth-order valence-corrected chi connectivity index (χ4v) is 5.77. The van der Waals surface area contributed by atoms with Crippen molar-refractivity contribution in [3.63, 3.8) is 0 Å². The van der Waals surface area contributed by atoms with Crippen LogP contribution in [0.1, 0.15) is 32.6 Å². The van der Waals surface area contributed by atoms with Gasteiger partial charge in [-0.3, -0.25) is 9.44 Å². The molecule has 10 heteroatoms. The first-order chi connectivity index (χ1) is 15.3. The lowest BCUT2D eigenvalue weighted by Crippen LogP contribution is -2.18. The van der Waals surface area contributed by atoms with Crippen molar-refractivity contribution in [2.45, 2.75) is 37.5 Å². The number of aryl methyl sites for hydroxylation is 3. The first-order valence-corrected chi connectivity index (χ1v) is 12.8. The first kappa shape index (κ1) is 24.3. The normalized spacial score (nSPS) is 11.8. The summed E-state index contributed by atoms with van der Waals surface area (Å²) in [7, 11) is -8.19. The van der Waals surface area contributed by atoms with Gasteiger partial charge in [0.15, 0.2) is 0 Å². The van der Waals surface area contributed by atoms with E-state index in [1.54, 1.807) is 39.0 Å². The summed E-state index contributed by atoms with van der Waals surface area (Å²) in [5.41, 5.74) is 2.57. The smallest absolute Gasteiger partial charge is 0.335 e. The van der Waals surface area contributed by atoms with E-state index in [-0.39, 0.29) is 21.0 Å². The summed E-state index contributed by atoms with van der Waals surface area (Å²) >= 11 is 0. The van der Waals surface area contributed by atoms with Crippen LogP contribution in [-0.2, 0) is 20.0 Å². The van der Waals surface area contributed by atoms with Gasteiger partial charge >= 0.3 is 5.97 Å². The Morgan fingerprint density at radius 1 is 0.788 bits per heavy atom. The third kappa shape index (κ3) is 5.35. The number of hydrogen-bond donors (Lipinski definition) is 3. The van der Waals surface area contributed by atoms with Crippen LogP contribution in [0.4, 0.5) is 11.4 Å². The largest absolute Gasteiger partial charge is 0.478 e. The highest BCUT2D eigenvalue weighted by Crippen LogP contribution is 2.27. The summed E-state index contributed by atoms with van der Waals surface area (Å²) in [5, 5.41) is 9.30. The molecule has 0 unspecified atom stereocenters. The van der Waals surface area contributed by atoms with Crippen molar-refractivity contribution in [3.8, 4) is 0 Å². The average Bonchev–Trinajstić information content (AvgIpc) is 2.70. The molecule has 0 saturated carbocycles. The minimum absolute atomic E-state index is 0.0694. The zero-order valence-corrected chi connectivity index (χ0v) is 20.1. The molecule has 174 valence electrons. The van der Waals surface area contributed by atoms with E-state index in [2.05, 4.69) is 9.44 Å². The molecule has 3 rings (SSSR count). The Labute approximate surface area is 193 Å². The third-order valence-corrected chi connectivity index (χ3v) is 8.06. The average molecular weight is 489 g/mol. The SMILES string of the molecule is Cc1cccc(NS(=O)(=O)c2ccc(C)c(NS(=O)(=O)c3cc(C(=O)O)cc(C)c3C)c2)c1. The molecule has 0 aliphatic heterocycles. The van der Waals surface area contributed by atoms with Crippen LogP contribution in [0.3, 0.4) is 0 Å². The van der Waals surface area contributed by atoms with Crippen LogP contribution < -0.4 is 9.44 Å². The number of nitrogens with one attached hydrogen (secondary N) is 2. The van der Waals surface area contributed by atoms with Gasteiger partial charge in [-0.2, -0.15) is 0 Å². The lowest BCUT2D eigenvalue weighted by molar-refractivity contribution is 0.0696. The van der Waals surface area contributed by atoms with Crippen LogP contribution >= 0.6 is 0 Å². The van der Waals surface area contributed by atoms with E-state index in [4.69, 9.17) is 0 Å². The minimum atomic E-state index is -4.20. The lowest BCUT2D eigenvalue weighted by Gasteiger charge is -2.16. The Balaban J connectivity index is 2.00. The number of carboxylic acids is 1. The van der Waals surface area contributed by atoms with E-state index in [0.29, 0.717) is 22.4 Å². The van der Waals surface area contributed by atoms with Crippen LogP contribution in [0.25, 0.3) is 0 Å². The molecule has 3 aromatic carbocycles. The lowest BCUT2D eigenvalue weighted by atomic mass is 10.1. The Morgan fingerprint density at radius 3 is 2.12 bits per heavy atom. The molecule has 0 amide bonds. The molecule has 0 aliphatic rings. The molecule has 0 aromatic heterocycles. The van der Waals surface area contributed by atoms with Gasteiger partial charge < -0.3 is 5.11 Å². The molecule has 0 atom stereocenters. The van der Waals surface area contributed by atoms with Crippen molar-refractivity contribution in [2.75, 3.05) is 9.44 Å². The molecule has 0 bridgehead atoms. The van der Waals surface area contributed by atoms with Gasteiger partial charge in [0.1, 0.15) is 0 Å². The maximum atomic E-state index is 13.1. The topological polar surface area (TPSA) is 130 Å². The summed E-state index contributed by atoms with van der Waals surface area (Å²) in [5.74, 6) is -1.25. The zero-order valence-electron chi connectivity index (χ0n) is 18.5. The third-order valence-electron chi connectivity index (χ3n) is 5.19. The summed E-state index contributed by atoms with van der Waals surface area (Å²) in [4.78, 5) is 11.1. The molecule has 0 heterocycles. The minimum Gasteiger partial charge on any atom is -0.478 e. The molecule has 3 aromatic rings. The van der Waals surface area contributed by atoms with Gasteiger partial charge in [-0.05, 0) is 86.3 Å². The van der Waals surface area contributed by atoms with Crippen molar-refractivity contribution in [1.29, 1.82) is 0 Å². The Hall–Kier alpha value is -3.37. The van der Waals surface area contributed by atoms with E-state index < -0.39 is 26.0 Å². The maximum Gasteiger partial charge on any atom is 0.335 e. The van der Waals surface area contributed by atoms with Gasteiger partial charge in [-0.15, -0.1) is 0 Å². The quantitative estimate of drug-likeness (QED) is 0.457. The molecule has 0 saturated heterocycles.